The van der Waals surface area contributed by atoms with E-state index in [0.29, 0.717) is 29.3 Å². The Morgan fingerprint density at radius 3 is 2.47 bits per heavy atom. The molecule has 1 aromatic carbocycles. The van der Waals surface area contributed by atoms with Crippen LogP contribution in [-0.2, 0) is 14.2 Å². The van der Waals surface area contributed by atoms with Crippen LogP contribution in [0.5, 0.6) is 11.5 Å². The van der Waals surface area contributed by atoms with E-state index in [1.54, 1.807) is 20.3 Å². The summed E-state index contributed by atoms with van der Waals surface area (Å²) in [6, 6.07) is 3.63. The maximum absolute atomic E-state index is 12.3. The van der Waals surface area contributed by atoms with Gasteiger partial charge in [0.05, 0.1) is 26.4 Å². The average Bonchev–Trinajstić information content (AvgIpc) is 3.41. The van der Waals surface area contributed by atoms with Crippen LogP contribution in [-0.4, -0.2) is 38.2 Å². The van der Waals surface area contributed by atoms with Crippen molar-refractivity contribution in [2.75, 3.05) is 14.2 Å². The van der Waals surface area contributed by atoms with Gasteiger partial charge in [0.15, 0.2) is 5.79 Å². The molecule has 6 heteroatoms. The SMILES string of the molecule is COc1cc(OC)c2c(c1)[C@H](CCCCCC[C@H]1CC[C@]3(CC[C@H](C)O3)O1)OC2=O. The lowest BCUT2D eigenvalue weighted by atomic mass is 9.98. The third-order valence-corrected chi connectivity index (χ3v) is 6.68. The van der Waals surface area contributed by atoms with E-state index in [0.717, 1.165) is 56.9 Å². The molecule has 0 saturated carbocycles. The van der Waals surface area contributed by atoms with Crippen molar-refractivity contribution in [3.63, 3.8) is 0 Å². The first-order valence-electron chi connectivity index (χ1n) is 11.4. The number of hydrogen-bond acceptors (Lipinski definition) is 6. The molecule has 0 aliphatic carbocycles. The second-order valence-electron chi connectivity index (χ2n) is 8.84. The van der Waals surface area contributed by atoms with E-state index in [2.05, 4.69) is 6.92 Å². The topological polar surface area (TPSA) is 63.2 Å². The Morgan fingerprint density at radius 2 is 1.77 bits per heavy atom. The molecular formula is C24H34O6. The summed E-state index contributed by atoms with van der Waals surface area (Å²) in [5.41, 5.74) is 1.42. The van der Waals surface area contributed by atoms with Gasteiger partial charge in [-0.05, 0) is 45.1 Å². The lowest BCUT2D eigenvalue weighted by Gasteiger charge is -2.24. The number of hydrogen-bond donors (Lipinski definition) is 0. The third kappa shape index (κ3) is 4.45. The van der Waals surface area contributed by atoms with Gasteiger partial charge < -0.3 is 23.7 Å². The Bertz CT molecular complexity index is 762. The summed E-state index contributed by atoms with van der Waals surface area (Å²) in [6.45, 7) is 2.14. The zero-order valence-electron chi connectivity index (χ0n) is 18.4. The van der Waals surface area contributed by atoms with E-state index in [-0.39, 0.29) is 17.9 Å². The zero-order chi connectivity index (χ0) is 21.1. The number of benzene rings is 1. The van der Waals surface area contributed by atoms with Gasteiger partial charge in [-0.25, -0.2) is 4.79 Å². The smallest absolute Gasteiger partial charge is 0.342 e. The predicted molar refractivity (Wildman–Crippen MR) is 112 cm³/mol. The highest BCUT2D eigenvalue weighted by atomic mass is 16.7. The molecule has 0 amide bonds. The summed E-state index contributed by atoms with van der Waals surface area (Å²) in [4.78, 5) is 12.3. The van der Waals surface area contributed by atoms with Crippen LogP contribution >= 0.6 is 0 Å². The fraction of sp³-hybridized carbons (Fsp3) is 0.708. The van der Waals surface area contributed by atoms with Gasteiger partial charge in [0.2, 0.25) is 0 Å². The first kappa shape index (κ1) is 21.4. The molecule has 4 atom stereocenters. The van der Waals surface area contributed by atoms with Crippen molar-refractivity contribution in [2.45, 2.75) is 95.2 Å². The highest BCUT2D eigenvalue weighted by Crippen LogP contribution is 2.43. The van der Waals surface area contributed by atoms with Crippen molar-refractivity contribution in [1.82, 2.24) is 0 Å². The molecule has 4 rings (SSSR count). The van der Waals surface area contributed by atoms with Crippen molar-refractivity contribution in [3.8, 4) is 11.5 Å². The van der Waals surface area contributed by atoms with Crippen LogP contribution in [0.25, 0.3) is 0 Å². The molecular weight excluding hydrogens is 384 g/mol. The van der Waals surface area contributed by atoms with Crippen LogP contribution in [0.2, 0.25) is 0 Å². The van der Waals surface area contributed by atoms with Gasteiger partial charge in [-0.2, -0.15) is 0 Å². The fourth-order valence-corrected chi connectivity index (χ4v) is 5.07. The monoisotopic (exact) mass is 418 g/mol. The second kappa shape index (κ2) is 9.15. The quantitative estimate of drug-likeness (QED) is 0.399. The lowest BCUT2D eigenvalue weighted by Crippen LogP contribution is -2.28. The molecule has 6 nitrogen and oxygen atoms in total. The normalized spacial score (nSPS) is 30.0. The van der Waals surface area contributed by atoms with Gasteiger partial charge in [-0.1, -0.05) is 19.3 Å². The lowest BCUT2D eigenvalue weighted by molar-refractivity contribution is -0.214. The van der Waals surface area contributed by atoms with Crippen molar-refractivity contribution in [2.24, 2.45) is 0 Å². The molecule has 1 spiro atoms. The number of rotatable bonds is 9. The second-order valence-corrected chi connectivity index (χ2v) is 8.84. The van der Waals surface area contributed by atoms with E-state index in [4.69, 9.17) is 23.7 Å². The molecule has 166 valence electrons. The maximum Gasteiger partial charge on any atom is 0.342 e. The van der Waals surface area contributed by atoms with Crippen LogP contribution in [0.1, 0.15) is 93.2 Å². The van der Waals surface area contributed by atoms with Crippen LogP contribution in [0.3, 0.4) is 0 Å². The Hall–Kier alpha value is -1.79. The molecule has 30 heavy (non-hydrogen) atoms. The van der Waals surface area contributed by atoms with E-state index in [1.807, 2.05) is 6.07 Å². The van der Waals surface area contributed by atoms with Crippen molar-refractivity contribution in [1.29, 1.82) is 0 Å². The molecule has 0 aromatic heterocycles. The first-order chi connectivity index (χ1) is 14.5. The van der Waals surface area contributed by atoms with Gasteiger partial charge in [0.25, 0.3) is 0 Å². The number of methoxy groups -OCH3 is 2. The summed E-state index contributed by atoms with van der Waals surface area (Å²) >= 11 is 0. The fourth-order valence-electron chi connectivity index (χ4n) is 5.07. The molecule has 3 aliphatic heterocycles. The molecule has 3 aliphatic rings. The molecule has 2 fully saturated rings. The van der Waals surface area contributed by atoms with E-state index in [9.17, 15) is 4.79 Å². The summed E-state index contributed by atoms with van der Waals surface area (Å²) in [7, 11) is 3.17. The highest BCUT2D eigenvalue weighted by Gasteiger charge is 2.45. The van der Waals surface area contributed by atoms with E-state index < -0.39 is 0 Å². The summed E-state index contributed by atoms with van der Waals surface area (Å²) < 4.78 is 28.6. The van der Waals surface area contributed by atoms with Crippen molar-refractivity contribution >= 4 is 5.97 Å². The molecule has 0 radical (unpaired) electrons. The standard InChI is InChI=1S/C24H34O6/c1-16-10-12-24(29-16)13-11-17(30-24)8-6-4-5-7-9-20-19-14-18(26-2)15-21(27-3)22(19)23(25)28-20/h14-17,20H,4-13H2,1-3H3/t16-,17-,20-,24-/m0/s1. The number of cyclic esters (lactones) is 1. The largest absolute Gasteiger partial charge is 0.497 e. The van der Waals surface area contributed by atoms with Crippen molar-refractivity contribution < 1.29 is 28.5 Å². The maximum atomic E-state index is 12.3. The van der Waals surface area contributed by atoms with Gasteiger partial charge in [-0.3, -0.25) is 0 Å². The zero-order valence-corrected chi connectivity index (χ0v) is 18.4. The van der Waals surface area contributed by atoms with Gasteiger partial charge >= 0.3 is 5.97 Å². The van der Waals surface area contributed by atoms with Crippen molar-refractivity contribution in [3.05, 3.63) is 23.3 Å². The average molecular weight is 419 g/mol. The number of carbonyl (C=O) groups is 1. The summed E-state index contributed by atoms with van der Waals surface area (Å²) in [5, 5.41) is 0. The van der Waals surface area contributed by atoms with Crippen LogP contribution in [0, 0.1) is 0 Å². The first-order valence-corrected chi connectivity index (χ1v) is 11.4. The van der Waals surface area contributed by atoms with Crippen LogP contribution < -0.4 is 9.47 Å². The molecule has 1 aromatic rings. The molecule has 0 unspecified atom stereocenters. The van der Waals surface area contributed by atoms with Crippen LogP contribution in [0.4, 0.5) is 0 Å². The Morgan fingerprint density at radius 1 is 1.00 bits per heavy atom. The summed E-state index contributed by atoms with van der Waals surface area (Å²) in [5.74, 6) is 0.632. The number of ether oxygens (including phenoxy) is 5. The minimum atomic E-state index is -0.301. The summed E-state index contributed by atoms with van der Waals surface area (Å²) in [6.07, 6.45) is 11.2. The number of esters is 1. The van der Waals surface area contributed by atoms with E-state index in [1.165, 1.54) is 12.8 Å². The number of unbranched alkanes of at least 4 members (excludes halogenated alkanes) is 3. The Kier molecular flexibility index (Phi) is 6.54. The van der Waals surface area contributed by atoms with Crippen LogP contribution in [0.15, 0.2) is 12.1 Å². The Balaban J connectivity index is 1.19. The molecule has 2 saturated heterocycles. The molecule has 0 bridgehead atoms. The highest BCUT2D eigenvalue weighted by molar-refractivity contribution is 5.97. The predicted octanol–water partition coefficient (Wildman–Crippen LogP) is 5.33. The van der Waals surface area contributed by atoms with Gasteiger partial charge in [0, 0.05) is 24.5 Å². The molecule has 3 heterocycles. The number of fused-ring (bicyclic) bond motifs is 1. The van der Waals surface area contributed by atoms with E-state index >= 15 is 0 Å². The number of carbonyl (C=O) groups excluding carboxylic acids is 1. The third-order valence-electron chi connectivity index (χ3n) is 6.68. The van der Waals surface area contributed by atoms with Gasteiger partial charge in [-0.15, -0.1) is 0 Å². The Labute approximate surface area is 179 Å². The molecule has 0 N–H and O–H groups in total. The van der Waals surface area contributed by atoms with Gasteiger partial charge in [0.1, 0.15) is 23.2 Å². The minimum absolute atomic E-state index is 0.212. The minimum Gasteiger partial charge on any atom is -0.497 e.